The Bertz CT molecular complexity index is 1270. The highest BCUT2D eigenvalue weighted by Gasteiger charge is 2.50. The molecule has 14 heteroatoms. The molecule has 0 aromatic heterocycles. The molecule has 0 bridgehead atoms. The average molecular weight is 856 g/mol. The molecule has 1 aliphatic rings. The third-order valence-corrected chi connectivity index (χ3v) is 10.8. The highest BCUT2D eigenvalue weighted by molar-refractivity contribution is 7.45. The third-order valence-electron chi connectivity index (χ3n) is 9.83. The lowest BCUT2D eigenvalue weighted by atomic mass is 9.85. The Morgan fingerprint density at radius 1 is 0.559 bits per heavy atom. The van der Waals surface area contributed by atoms with Gasteiger partial charge in [-0.05, 0) is 77.0 Å². The second-order valence-electron chi connectivity index (χ2n) is 15.1. The first kappa shape index (κ1) is 54.6. The van der Waals surface area contributed by atoms with Gasteiger partial charge in [-0.25, -0.2) is 0 Å². The summed E-state index contributed by atoms with van der Waals surface area (Å²) in [5.41, 5.74) is 0. The van der Waals surface area contributed by atoms with Crippen molar-refractivity contribution in [3.05, 3.63) is 60.8 Å². The van der Waals surface area contributed by atoms with E-state index in [2.05, 4.69) is 74.6 Å². The van der Waals surface area contributed by atoms with Crippen molar-refractivity contribution in [3.63, 3.8) is 0 Å². The van der Waals surface area contributed by atoms with Crippen LogP contribution >= 0.6 is 7.82 Å². The first-order valence-corrected chi connectivity index (χ1v) is 23.5. The van der Waals surface area contributed by atoms with Crippen LogP contribution < -0.4 is 4.89 Å². The van der Waals surface area contributed by atoms with Gasteiger partial charge in [0.25, 0.3) is 7.82 Å². The van der Waals surface area contributed by atoms with Gasteiger partial charge in [0.1, 0.15) is 43.2 Å². The number of hydrogen-bond donors (Lipinski definition) is 5. The Labute approximate surface area is 353 Å². The van der Waals surface area contributed by atoms with Gasteiger partial charge in [0.2, 0.25) is 0 Å². The standard InChI is InChI=1S/C45H77O13P/c1-3-5-7-9-11-13-15-17-19-21-23-25-27-29-31-33-38(46)55-35-37(36-56-59(53,54)58-45-43(51)41(49)40(48)42(50)44(45)52)57-39(47)34-32-30-28-26-24-22-20-18-16-14-12-10-8-6-4-2/h6,8,11-14,17-20,37,40-45,48-52H,3-5,7,9-10,15-16,21-36H2,1-2H3,(H,53,54)/p-1. The number of ether oxygens (including phenoxy) is 2. The molecule has 0 amide bonds. The number of allylic oxidation sites excluding steroid dienone is 10. The molecule has 1 fully saturated rings. The molecular weight excluding hydrogens is 779 g/mol. The van der Waals surface area contributed by atoms with Gasteiger partial charge in [0.05, 0.1) is 6.61 Å². The second-order valence-corrected chi connectivity index (χ2v) is 16.5. The molecule has 0 radical (unpaired) electrons. The monoisotopic (exact) mass is 856 g/mol. The number of carbonyl (C=O) groups excluding carboxylic acids is 2. The van der Waals surface area contributed by atoms with Gasteiger partial charge in [0.15, 0.2) is 6.10 Å². The largest absolute Gasteiger partial charge is 0.756 e. The van der Waals surface area contributed by atoms with Crippen molar-refractivity contribution >= 4 is 19.8 Å². The van der Waals surface area contributed by atoms with Crippen LogP contribution in [0.25, 0.3) is 0 Å². The van der Waals surface area contributed by atoms with Gasteiger partial charge in [-0.1, -0.05) is 126 Å². The Morgan fingerprint density at radius 3 is 1.49 bits per heavy atom. The van der Waals surface area contributed by atoms with E-state index in [9.17, 15) is 44.6 Å². The quantitative estimate of drug-likeness (QED) is 0.0181. The maximum absolute atomic E-state index is 12.7. The Hall–Kier alpha value is -2.45. The van der Waals surface area contributed by atoms with Crippen LogP contribution in [0, 0.1) is 0 Å². The number of aliphatic hydroxyl groups excluding tert-OH is 5. The van der Waals surface area contributed by atoms with E-state index >= 15 is 0 Å². The summed E-state index contributed by atoms with van der Waals surface area (Å²) in [5.74, 6) is -1.18. The molecular formula is C45H76O13P-. The number of hydrogen-bond acceptors (Lipinski definition) is 13. The molecule has 340 valence electrons. The van der Waals surface area contributed by atoms with Crippen LogP contribution in [-0.2, 0) is 32.7 Å². The molecule has 0 aromatic rings. The smallest absolute Gasteiger partial charge is 0.306 e. The Kier molecular flexibility index (Phi) is 32.5. The summed E-state index contributed by atoms with van der Waals surface area (Å²) >= 11 is 0. The van der Waals surface area contributed by atoms with Crippen LogP contribution in [0.4, 0.5) is 0 Å². The average Bonchev–Trinajstić information content (AvgIpc) is 3.21. The van der Waals surface area contributed by atoms with Crippen molar-refractivity contribution in [3.8, 4) is 0 Å². The van der Waals surface area contributed by atoms with Crippen molar-refractivity contribution in [2.45, 2.75) is 198 Å². The van der Waals surface area contributed by atoms with Gasteiger partial charge in [-0.2, -0.15) is 0 Å². The lowest BCUT2D eigenvalue weighted by molar-refractivity contribution is -0.261. The van der Waals surface area contributed by atoms with E-state index in [1.54, 1.807) is 0 Å². The molecule has 6 unspecified atom stereocenters. The van der Waals surface area contributed by atoms with E-state index in [0.29, 0.717) is 12.8 Å². The minimum absolute atomic E-state index is 0.0557. The van der Waals surface area contributed by atoms with Crippen LogP contribution in [-0.4, -0.2) is 93.4 Å². The molecule has 1 saturated carbocycles. The summed E-state index contributed by atoms with van der Waals surface area (Å²) in [7, 11) is -5.38. The van der Waals surface area contributed by atoms with Crippen LogP contribution in [0.3, 0.4) is 0 Å². The first-order chi connectivity index (χ1) is 28.4. The maximum atomic E-state index is 12.7. The zero-order valence-corrected chi connectivity index (χ0v) is 36.6. The maximum Gasteiger partial charge on any atom is 0.306 e. The zero-order valence-electron chi connectivity index (χ0n) is 35.7. The molecule has 0 saturated heterocycles. The molecule has 0 aromatic carbocycles. The Balaban J connectivity index is 2.51. The fourth-order valence-electron chi connectivity index (χ4n) is 6.26. The number of aliphatic hydroxyl groups is 5. The van der Waals surface area contributed by atoms with E-state index in [1.807, 2.05) is 0 Å². The van der Waals surface area contributed by atoms with Crippen LogP contribution in [0.15, 0.2) is 60.8 Å². The summed E-state index contributed by atoms with van der Waals surface area (Å²) in [4.78, 5) is 37.9. The summed E-state index contributed by atoms with van der Waals surface area (Å²) in [5, 5.41) is 50.0. The molecule has 0 heterocycles. The van der Waals surface area contributed by atoms with Gasteiger partial charge < -0.3 is 48.9 Å². The van der Waals surface area contributed by atoms with Gasteiger partial charge >= 0.3 is 11.9 Å². The summed E-state index contributed by atoms with van der Waals surface area (Å²) in [6.45, 7) is 3.02. The van der Waals surface area contributed by atoms with E-state index in [-0.39, 0.29) is 12.8 Å². The van der Waals surface area contributed by atoms with Gasteiger partial charge in [-0.3, -0.25) is 14.2 Å². The number of carbonyl (C=O) groups is 2. The summed E-state index contributed by atoms with van der Waals surface area (Å²) in [6, 6.07) is 0. The van der Waals surface area contributed by atoms with Crippen LogP contribution in [0.1, 0.15) is 155 Å². The highest BCUT2D eigenvalue weighted by atomic mass is 31.2. The van der Waals surface area contributed by atoms with Crippen molar-refractivity contribution in [1.82, 2.24) is 0 Å². The normalized spacial score (nSPS) is 22.9. The van der Waals surface area contributed by atoms with E-state index in [1.165, 1.54) is 19.3 Å². The fraction of sp³-hybridized carbons (Fsp3) is 0.733. The highest BCUT2D eigenvalue weighted by Crippen LogP contribution is 2.43. The van der Waals surface area contributed by atoms with Crippen molar-refractivity contribution < 1.29 is 63.1 Å². The lowest BCUT2D eigenvalue weighted by Crippen LogP contribution is -2.64. The number of rotatable bonds is 35. The minimum Gasteiger partial charge on any atom is -0.756 e. The van der Waals surface area contributed by atoms with Gasteiger partial charge in [-0.15, -0.1) is 0 Å². The molecule has 1 aliphatic carbocycles. The topological polar surface area (TPSA) is 212 Å². The first-order valence-electron chi connectivity index (χ1n) is 22.1. The van der Waals surface area contributed by atoms with Crippen molar-refractivity contribution in [2.75, 3.05) is 13.2 Å². The van der Waals surface area contributed by atoms with E-state index < -0.39 is 75.7 Å². The number of esters is 2. The molecule has 13 nitrogen and oxygen atoms in total. The number of phosphoric acid groups is 1. The molecule has 59 heavy (non-hydrogen) atoms. The molecule has 5 N–H and O–H groups in total. The van der Waals surface area contributed by atoms with E-state index in [0.717, 1.165) is 96.3 Å². The molecule has 6 atom stereocenters. The third kappa shape index (κ3) is 27.9. The lowest BCUT2D eigenvalue weighted by Gasteiger charge is -2.43. The number of unbranched alkanes of at least 4 members (excludes halogenated alkanes) is 13. The predicted octanol–water partition coefficient (Wildman–Crippen LogP) is 7.53. The fourth-order valence-corrected chi connectivity index (χ4v) is 7.22. The minimum atomic E-state index is -5.38. The number of phosphoric ester groups is 1. The Morgan fingerprint density at radius 2 is 0.983 bits per heavy atom. The second kappa shape index (κ2) is 35.2. The summed E-state index contributed by atoms with van der Waals surface area (Å²) in [6.07, 6.45) is 28.0. The van der Waals surface area contributed by atoms with Gasteiger partial charge in [0, 0.05) is 12.8 Å². The zero-order chi connectivity index (χ0) is 43.6. The molecule has 1 rings (SSSR count). The van der Waals surface area contributed by atoms with Crippen LogP contribution in [0.5, 0.6) is 0 Å². The SMILES string of the molecule is CCC=CCC=CCC=CCCCCCCCC(=O)OC(COC(=O)CCCCCCCC=CCC=CCCCCC)COP(=O)([O-])OC1C(O)C(O)C(O)C(O)C1O. The molecule has 0 spiro atoms. The molecule has 0 aliphatic heterocycles. The summed E-state index contributed by atoms with van der Waals surface area (Å²) < 4.78 is 33.1. The van der Waals surface area contributed by atoms with Crippen molar-refractivity contribution in [1.29, 1.82) is 0 Å². The van der Waals surface area contributed by atoms with Crippen molar-refractivity contribution in [2.24, 2.45) is 0 Å². The van der Waals surface area contributed by atoms with Crippen LogP contribution in [0.2, 0.25) is 0 Å². The van der Waals surface area contributed by atoms with E-state index in [4.69, 9.17) is 18.5 Å². The predicted molar refractivity (Wildman–Crippen MR) is 228 cm³/mol.